The van der Waals surface area contributed by atoms with E-state index in [0.717, 1.165) is 30.2 Å². The number of nitrogens with zero attached hydrogens (tertiary/aromatic N) is 1. The molecule has 1 amide bonds. The third-order valence-electron chi connectivity index (χ3n) is 5.02. The Balaban J connectivity index is 1.85. The molecule has 0 aliphatic heterocycles. The van der Waals surface area contributed by atoms with Crippen molar-refractivity contribution in [3.63, 3.8) is 0 Å². The molecule has 2 rings (SSSR count). The lowest BCUT2D eigenvalue weighted by Gasteiger charge is -2.32. The van der Waals surface area contributed by atoms with Gasteiger partial charge in [0, 0.05) is 37.4 Å². The first-order valence-electron chi connectivity index (χ1n) is 9.17. The molecule has 0 bridgehead atoms. The van der Waals surface area contributed by atoms with E-state index in [4.69, 9.17) is 9.84 Å². The number of pyridine rings is 1. The zero-order chi connectivity index (χ0) is 19.3. The molecule has 0 aromatic carbocycles. The minimum Gasteiger partial charge on any atom is -0.489 e. The quantitative estimate of drug-likeness (QED) is 0.699. The van der Waals surface area contributed by atoms with Gasteiger partial charge in [-0.3, -0.25) is 9.59 Å². The number of aromatic nitrogens is 1. The Morgan fingerprint density at radius 1 is 1.38 bits per heavy atom. The van der Waals surface area contributed by atoms with Crippen LogP contribution in [0.4, 0.5) is 0 Å². The summed E-state index contributed by atoms with van der Waals surface area (Å²) in [5, 5.41) is 12.1. The van der Waals surface area contributed by atoms with E-state index < -0.39 is 5.41 Å². The van der Waals surface area contributed by atoms with Crippen LogP contribution in [0.2, 0.25) is 0 Å². The summed E-state index contributed by atoms with van der Waals surface area (Å²) in [6.07, 6.45) is 6.45. The SMILES string of the molecule is Cn1cc(Br)c(OC2CCC(NC(=O)C(C)(C)CCCO)CC2)cc1=O. The number of carbonyl (C=O) groups is 1. The lowest BCUT2D eigenvalue weighted by atomic mass is 9.85. The molecule has 146 valence electrons. The summed E-state index contributed by atoms with van der Waals surface area (Å²) in [6.45, 7) is 3.94. The highest BCUT2D eigenvalue weighted by Gasteiger charge is 2.31. The molecule has 6 nitrogen and oxygen atoms in total. The predicted molar refractivity (Wildman–Crippen MR) is 104 cm³/mol. The average Bonchev–Trinajstić information content (AvgIpc) is 2.59. The van der Waals surface area contributed by atoms with E-state index in [1.165, 1.54) is 10.6 Å². The number of amides is 1. The van der Waals surface area contributed by atoms with Crippen molar-refractivity contribution in [2.45, 2.75) is 64.5 Å². The maximum atomic E-state index is 12.5. The molecule has 0 saturated heterocycles. The maximum absolute atomic E-state index is 12.5. The Kier molecular flexibility index (Phi) is 7.29. The Bertz CT molecular complexity index is 679. The van der Waals surface area contributed by atoms with E-state index in [2.05, 4.69) is 21.2 Å². The standard InChI is InChI=1S/C19H29BrN2O4/c1-19(2,9-4-10-23)18(25)21-13-5-7-14(8-6-13)26-16-11-17(24)22(3)12-15(16)20/h11-14,23H,4-10H2,1-3H3,(H,21,25). The summed E-state index contributed by atoms with van der Waals surface area (Å²) in [6, 6.07) is 1.66. The Labute approximate surface area is 163 Å². The molecule has 1 aliphatic carbocycles. The number of halogens is 1. The predicted octanol–water partition coefficient (Wildman–Crippen LogP) is 2.75. The largest absolute Gasteiger partial charge is 0.489 e. The lowest BCUT2D eigenvalue weighted by Crippen LogP contribution is -2.45. The number of hydrogen-bond donors (Lipinski definition) is 2. The van der Waals surface area contributed by atoms with Crippen LogP contribution in [0.3, 0.4) is 0 Å². The molecule has 1 aromatic heterocycles. The molecular weight excluding hydrogens is 400 g/mol. The second-order valence-corrected chi connectivity index (χ2v) is 8.57. The van der Waals surface area contributed by atoms with Crippen molar-refractivity contribution in [1.82, 2.24) is 9.88 Å². The fraction of sp³-hybridized carbons (Fsp3) is 0.684. The van der Waals surface area contributed by atoms with Crippen LogP contribution >= 0.6 is 15.9 Å². The molecule has 2 N–H and O–H groups in total. The third-order valence-corrected chi connectivity index (χ3v) is 5.62. The van der Waals surface area contributed by atoms with Crippen molar-refractivity contribution >= 4 is 21.8 Å². The highest BCUT2D eigenvalue weighted by atomic mass is 79.9. The smallest absolute Gasteiger partial charge is 0.254 e. The van der Waals surface area contributed by atoms with Gasteiger partial charge in [-0.2, -0.15) is 0 Å². The van der Waals surface area contributed by atoms with Crippen LogP contribution in [-0.2, 0) is 11.8 Å². The van der Waals surface area contributed by atoms with Crippen molar-refractivity contribution in [3.8, 4) is 5.75 Å². The van der Waals surface area contributed by atoms with Crippen LogP contribution in [0.25, 0.3) is 0 Å². The van der Waals surface area contributed by atoms with Gasteiger partial charge < -0.3 is 19.7 Å². The molecule has 1 aromatic rings. The van der Waals surface area contributed by atoms with Gasteiger partial charge in [0.2, 0.25) is 5.91 Å². The van der Waals surface area contributed by atoms with Crippen LogP contribution in [-0.4, -0.2) is 34.3 Å². The van der Waals surface area contributed by atoms with E-state index in [0.29, 0.717) is 18.6 Å². The van der Waals surface area contributed by atoms with Gasteiger partial charge in [0.15, 0.2) is 0 Å². The second kappa shape index (κ2) is 9.04. The summed E-state index contributed by atoms with van der Waals surface area (Å²) in [5.41, 5.74) is -0.570. The zero-order valence-electron chi connectivity index (χ0n) is 15.8. The minimum atomic E-state index is -0.467. The first kappa shape index (κ1) is 21.0. The fourth-order valence-electron chi connectivity index (χ4n) is 3.19. The second-order valence-electron chi connectivity index (χ2n) is 7.71. The first-order valence-corrected chi connectivity index (χ1v) is 9.97. The lowest BCUT2D eigenvalue weighted by molar-refractivity contribution is -0.130. The van der Waals surface area contributed by atoms with Crippen LogP contribution < -0.4 is 15.6 Å². The number of aryl methyl sites for hydroxylation is 1. The summed E-state index contributed by atoms with van der Waals surface area (Å²) >= 11 is 3.44. The van der Waals surface area contributed by atoms with Crippen LogP contribution in [0.5, 0.6) is 5.75 Å². The third kappa shape index (κ3) is 5.58. The Morgan fingerprint density at radius 3 is 2.65 bits per heavy atom. The number of rotatable bonds is 7. The number of carbonyl (C=O) groups excluding carboxylic acids is 1. The molecule has 1 aliphatic rings. The number of nitrogens with one attached hydrogen (secondary N) is 1. The van der Waals surface area contributed by atoms with Gasteiger partial charge in [-0.1, -0.05) is 13.8 Å². The van der Waals surface area contributed by atoms with Crippen molar-refractivity contribution in [2.24, 2.45) is 12.5 Å². The normalized spacial score (nSPS) is 20.7. The molecule has 1 saturated carbocycles. The van der Waals surface area contributed by atoms with Crippen LogP contribution in [0, 0.1) is 5.41 Å². The van der Waals surface area contributed by atoms with E-state index in [1.807, 2.05) is 13.8 Å². The monoisotopic (exact) mass is 428 g/mol. The molecule has 7 heteroatoms. The van der Waals surface area contributed by atoms with Crippen molar-refractivity contribution in [1.29, 1.82) is 0 Å². The maximum Gasteiger partial charge on any atom is 0.254 e. The molecule has 0 unspecified atom stereocenters. The highest BCUT2D eigenvalue weighted by Crippen LogP contribution is 2.29. The number of ether oxygens (including phenoxy) is 1. The summed E-state index contributed by atoms with van der Waals surface area (Å²) in [7, 11) is 1.70. The van der Waals surface area contributed by atoms with Gasteiger partial charge in [0.05, 0.1) is 10.6 Å². The summed E-state index contributed by atoms with van der Waals surface area (Å²) in [5.74, 6) is 0.621. The van der Waals surface area contributed by atoms with Gasteiger partial charge in [0.1, 0.15) is 5.75 Å². The van der Waals surface area contributed by atoms with Gasteiger partial charge in [0.25, 0.3) is 5.56 Å². The fourth-order valence-corrected chi connectivity index (χ4v) is 3.71. The molecule has 0 atom stereocenters. The number of aliphatic hydroxyl groups is 1. The van der Waals surface area contributed by atoms with Gasteiger partial charge in [-0.15, -0.1) is 0 Å². The topological polar surface area (TPSA) is 80.6 Å². The van der Waals surface area contributed by atoms with E-state index in [-0.39, 0.29) is 30.2 Å². The number of aliphatic hydroxyl groups excluding tert-OH is 1. The summed E-state index contributed by atoms with van der Waals surface area (Å²) in [4.78, 5) is 24.2. The zero-order valence-corrected chi connectivity index (χ0v) is 17.3. The van der Waals surface area contributed by atoms with Gasteiger partial charge in [-0.25, -0.2) is 0 Å². The Morgan fingerprint density at radius 2 is 2.04 bits per heavy atom. The first-order chi connectivity index (χ1) is 12.2. The van der Waals surface area contributed by atoms with E-state index in [9.17, 15) is 9.59 Å². The van der Waals surface area contributed by atoms with E-state index in [1.54, 1.807) is 13.2 Å². The van der Waals surface area contributed by atoms with E-state index >= 15 is 0 Å². The molecule has 0 radical (unpaired) electrons. The van der Waals surface area contributed by atoms with Gasteiger partial charge in [-0.05, 0) is 54.5 Å². The van der Waals surface area contributed by atoms with Crippen molar-refractivity contribution < 1.29 is 14.6 Å². The molecule has 26 heavy (non-hydrogen) atoms. The van der Waals surface area contributed by atoms with Crippen LogP contribution in [0.15, 0.2) is 21.5 Å². The summed E-state index contributed by atoms with van der Waals surface area (Å²) < 4.78 is 8.26. The van der Waals surface area contributed by atoms with Gasteiger partial charge >= 0.3 is 0 Å². The van der Waals surface area contributed by atoms with Crippen molar-refractivity contribution in [3.05, 3.63) is 27.1 Å². The van der Waals surface area contributed by atoms with Crippen molar-refractivity contribution in [2.75, 3.05) is 6.61 Å². The molecule has 1 heterocycles. The molecular formula is C19H29BrN2O4. The minimum absolute atomic E-state index is 0.0459. The number of hydrogen-bond acceptors (Lipinski definition) is 4. The average molecular weight is 429 g/mol. The molecule has 1 fully saturated rings. The Hall–Kier alpha value is -1.34. The highest BCUT2D eigenvalue weighted by molar-refractivity contribution is 9.10. The van der Waals surface area contributed by atoms with Crippen LogP contribution in [0.1, 0.15) is 52.4 Å². The molecule has 0 spiro atoms.